The minimum Gasteiger partial charge on any atom is -0.480 e. The topological polar surface area (TPSA) is 68.2 Å². The zero-order valence-electron chi connectivity index (χ0n) is 18.1. The lowest BCUT2D eigenvalue weighted by Crippen LogP contribution is -2.23. The monoisotopic (exact) mass is 456 g/mol. The molecule has 1 fully saturated rings. The maximum atomic E-state index is 13.0. The van der Waals surface area contributed by atoms with Crippen LogP contribution in [0.25, 0.3) is 16.8 Å². The van der Waals surface area contributed by atoms with Gasteiger partial charge in [0.2, 0.25) is 0 Å². The van der Waals surface area contributed by atoms with Crippen LogP contribution in [0.4, 0.5) is 5.69 Å². The Hall–Kier alpha value is -4.02. The van der Waals surface area contributed by atoms with Gasteiger partial charge in [0.25, 0.3) is 5.91 Å². The summed E-state index contributed by atoms with van der Waals surface area (Å²) in [5.41, 5.74) is 1.84. The molecule has 1 heterocycles. The van der Waals surface area contributed by atoms with Gasteiger partial charge in [-0.25, -0.2) is 9.79 Å². The molecule has 0 aromatic heterocycles. The van der Waals surface area contributed by atoms with E-state index in [2.05, 4.69) is 10.9 Å². The van der Waals surface area contributed by atoms with Gasteiger partial charge in [0, 0.05) is 12.6 Å². The van der Waals surface area contributed by atoms with Crippen molar-refractivity contribution >= 4 is 51.3 Å². The fourth-order valence-electron chi connectivity index (χ4n) is 3.35. The maximum absolute atomic E-state index is 13.0. The van der Waals surface area contributed by atoms with E-state index < -0.39 is 5.97 Å². The third-order valence-corrected chi connectivity index (χ3v) is 6.09. The predicted molar refractivity (Wildman–Crippen MR) is 131 cm³/mol. The second-order valence-corrected chi connectivity index (χ2v) is 8.11. The van der Waals surface area contributed by atoms with Crippen molar-refractivity contribution in [1.29, 1.82) is 0 Å². The highest BCUT2D eigenvalue weighted by atomic mass is 32.2. The molecular formula is C26H20N2O4S. The molecule has 164 valence electrons. The van der Waals surface area contributed by atoms with Gasteiger partial charge in [0.1, 0.15) is 12.4 Å². The number of hydrogen-bond donors (Lipinski definition) is 0. The van der Waals surface area contributed by atoms with Gasteiger partial charge < -0.3 is 9.47 Å². The number of terminal acetylenes is 1. The van der Waals surface area contributed by atoms with Crippen LogP contribution in [-0.4, -0.2) is 42.7 Å². The van der Waals surface area contributed by atoms with E-state index >= 15 is 0 Å². The first-order valence-electron chi connectivity index (χ1n) is 10.0. The van der Waals surface area contributed by atoms with Crippen LogP contribution in [0.2, 0.25) is 0 Å². The molecule has 1 amide bonds. The maximum Gasteiger partial charge on any atom is 0.337 e. The van der Waals surface area contributed by atoms with Crippen LogP contribution in [0.15, 0.2) is 70.6 Å². The van der Waals surface area contributed by atoms with Crippen LogP contribution in [0.3, 0.4) is 0 Å². The number of likely N-dealkylation sites (N-methyl/N-ethyl adjacent to an activating group) is 1. The number of amidine groups is 1. The van der Waals surface area contributed by atoms with Gasteiger partial charge in [-0.2, -0.15) is 0 Å². The number of methoxy groups -OCH3 is 1. The highest BCUT2D eigenvalue weighted by molar-refractivity contribution is 8.18. The molecule has 0 spiro atoms. The van der Waals surface area contributed by atoms with Gasteiger partial charge in [-0.1, -0.05) is 36.3 Å². The van der Waals surface area contributed by atoms with E-state index in [-0.39, 0.29) is 12.5 Å². The number of carbonyl (C=O) groups excluding carboxylic acids is 2. The summed E-state index contributed by atoms with van der Waals surface area (Å²) in [6.45, 7) is 0.129. The molecule has 3 aromatic rings. The lowest BCUT2D eigenvalue weighted by Gasteiger charge is -2.11. The molecule has 1 aliphatic rings. The Bertz CT molecular complexity index is 1340. The van der Waals surface area contributed by atoms with Gasteiger partial charge >= 0.3 is 5.97 Å². The number of amides is 1. The summed E-state index contributed by atoms with van der Waals surface area (Å²) in [5.74, 6) is 2.51. The summed E-state index contributed by atoms with van der Waals surface area (Å²) in [4.78, 5) is 31.2. The molecule has 0 atom stereocenters. The van der Waals surface area contributed by atoms with Crippen molar-refractivity contribution in [3.63, 3.8) is 0 Å². The van der Waals surface area contributed by atoms with Gasteiger partial charge in [-0.3, -0.25) is 9.69 Å². The third kappa shape index (κ3) is 4.61. The van der Waals surface area contributed by atoms with E-state index in [0.717, 1.165) is 16.3 Å². The minimum absolute atomic E-state index is 0.129. The summed E-state index contributed by atoms with van der Waals surface area (Å²) in [5, 5.41) is 2.52. The molecule has 6 nitrogen and oxygen atoms in total. The highest BCUT2D eigenvalue weighted by Crippen LogP contribution is 2.37. The second kappa shape index (κ2) is 9.63. The van der Waals surface area contributed by atoms with E-state index in [4.69, 9.17) is 15.9 Å². The molecule has 3 aromatic carbocycles. The summed E-state index contributed by atoms with van der Waals surface area (Å²) in [7, 11) is 3.01. The first kappa shape index (κ1) is 22.2. The van der Waals surface area contributed by atoms with E-state index in [1.54, 1.807) is 31.3 Å². The fourth-order valence-corrected chi connectivity index (χ4v) is 4.32. The van der Waals surface area contributed by atoms with Crippen molar-refractivity contribution < 1.29 is 19.1 Å². The number of carbonyl (C=O) groups is 2. The van der Waals surface area contributed by atoms with Crippen LogP contribution in [0.1, 0.15) is 15.9 Å². The van der Waals surface area contributed by atoms with Gasteiger partial charge in [0.15, 0.2) is 5.17 Å². The first-order valence-corrected chi connectivity index (χ1v) is 10.9. The molecule has 1 aliphatic heterocycles. The summed E-state index contributed by atoms with van der Waals surface area (Å²) in [6, 6.07) is 18.4. The lowest BCUT2D eigenvalue weighted by molar-refractivity contribution is -0.121. The van der Waals surface area contributed by atoms with E-state index in [9.17, 15) is 9.59 Å². The minimum atomic E-state index is -0.417. The molecule has 0 saturated carbocycles. The Morgan fingerprint density at radius 3 is 2.64 bits per heavy atom. The van der Waals surface area contributed by atoms with Crippen molar-refractivity contribution in [2.75, 3.05) is 20.8 Å². The number of thioether (sulfide) groups is 1. The smallest absolute Gasteiger partial charge is 0.337 e. The SMILES string of the molecule is C#CCOc1ccc2ccccc2c1C=C1SC(=Nc2ccc(C(=O)OC)cc2)N(C)C1=O. The summed E-state index contributed by atoms with van der Waals surface area (Å²) < 4.78 is 10.5. The molecule has 0 bridgehead atoms. The zero-order chi connectivity index (χ0) is 23.4. The summed E-state index contributed by atoms with van der Waals surface area (Å²) >= 11 is 1.27. The second-order valence-electron chi connectivity index (χ2n) is 7.10. The molecule has 1 saturated heterocycles. The van der Waals surface area contributed by atoms with Crippen LogP contribution < -0.4 is 4.74 Å². The van der Waals surface area contributed by atoms with Crippen molar-refractivity contribution in [2.45, 2.75) is 0 Å². The Kier molecular flexibility index (Phi) is 6.48. The number of ether oxygens (including phenoxy) is 2. The van der Waals surface area contributed by atoms with Crippen LogP contribution in [-0.2, 0) is 9.53 Å². The molecule has 0 radical (unpaired) electrons. The zero-order valence-corrected chi connectivity index (χ0v) is 18.9. The Morgan fingerprint density at radius 1 is 1.15 bits per heavy atom. The Morgan fingerprint density at radius 2 is 1.91 bits per heavy atom. The number of esters is 1. The average Bonchev–Trinajstić information content (AvgIpc) is 3.11. The molecule has 0 unspecified atom stereocenters. The van der Waals surface area contributed by atoms with Crippen molar-refractivity contribution in [3.05, 3.63) is 76.7 Å². The number of hydrogen-bond acceptors (Lipinski definition) is 6. The van der Waals surface area contributed by atoms with E-state index in [1.165, 1.54) is 23.8 Å². The molecule has 33 heavy (non-hydrogen) atoms. The van der Waals surface area contributed by atoms with Gasteiger partial charge in [-0.15, -0.1) is 6.42 Å². The molecule has 4 rings (SSSR count). The Labute approximate surface area is 195 Å². The largest absolute Gasteiger partial charge is 0.480 e. The normalized spacial score (nSPS) is 15.8. The van der Waals surface area contributed by atoms with Crippen molar-refractivity contribution in [1.82, 2.24) is 4.90 Å². The quantitative estimate of drug-likeness (QED) is 0.311. The molecule has 0 N–H and O–H groups in total. The molecule has 7 heteroatoms. The van der Waals surface area contributed by atoms with E-state index in [0.29, 0.717) is 27.1 Å². The van der Waals surface area contributed by atoms with Crippen molar-refractivity contribution in [2.24, 2.45) is 4.99 Å². The number of rotatable bonds is 5. The van der Waals surface area contributed by atoms with Crippen LogP contribution in [0, 0.1) is 12.3 Å². The third-order valence-electron chi connectivity index (χ3n) is 5.03. The fraction of sp³-hybridized carbons (Fsp3) is 0.115. The van der Waals surface area contributed by atoms with Gasteiger partial charge in [-0.05, 0) is 58.9 Å². The molecular weight excluding hydrogens is 436 g/mol. The highest BCUT2D eigenvalue weighted by Gasteiger charge is 2.31. The van der Waals surface area contributed by atoms with Crippen LogP contribution in [0.5, 0.6) is 5.75 Å². The standard InChI is InChI=1S/C26H20N2O4S/c1-4-15-32-22-14-11-17-7-5-6-8-20(17)21(22)16-23-24(29)28(2)26(33-23)27-19-12-9-18(10-13-19)25(30)31-3/h1,5-14,16H,15H2,2-3H3. The summed E-state index contributed by atoms with van der Waals surface area (Å²) in [6.07, 6.45) is 7.19. The molecule has 0 aliphatic carbocycles. The van der Waals surface area contributed by atoms with Crippen molar-refractivity contribution in [3.8, 4) is 18.1 Å². The first-order chi connectivity index (χ1) is 16.0. The Balaban J connectivity index is 1.70. The van der Waals surface area contributed by atoms with E-state index in [1.807, 2.05) is 42.5 Å². The van der Waals surface area contributed by atoms with Gasteiger partial charge in [0.05, 0.1) is 23.3 Å². The lowest BCUT2D eigenvalue weighted by atomic mass is 10.0. The number of fused-ring (bicyclic) bond motifs is 1. The number of nitrogens with zero attached hydrogens (tertiary/aromatic N) is 2. The number of benzene rings is 3. The average molecular weight is 457 g/mol. The van der Waals surface area contributed by atoms with Crippen LogP contribution >= 0.6 is 11.8 Å². The predicted octanol–water partition coefficient (Wildman–Crippen LogP) is 4.87. The number of aliphatic imine (C=N–C) groups is 1.